The maximum Gasteiger partial charge on any atom is 0.271 e. The normalized spacial score (nSPS) is 11.3. The van der Waals surface area contributed by atoms with Crippen molar-refractivity contribution < 1.29 is 13.3 Å². The van der Waals surface area contributed by atoms with Gasteiger partial charge in [-0.1, -0.05) is 0 Å². The summed E-state index contributed by atoms with van der Waals surface area (Å²) in [6.07, 6.45) is 1.57. The molecule has 0 saturated heterocycles. The number of nitro groups is 1. The van der Waals surface area contributed by atoms with Crippen molar-refractivity contribution >= 4 is 32.7 Å². The first-order valence-electron chi connectivity index (χ1n) is 5.77. The van der Waals surface area contributed by atoms with E-state index in [1.54, 1.807) is 11.7 Å². The molecule has 2 aromatic rings. The Kier molecular flexibility index (Phi) is 4.50. The van der Waals surface area contributed by atoms with Gasteiger partial charge in [0.25, 0.3) is 5.69 Å². The molecule has 1 aromatic carbocycles. The summed E-state index contributed by atoms with van der Waals surface area (Å²) in [5, 5.41) is 13.4. The van der Waals surface area contributed by atoms with E-state index in [1.807, 2.05) is 0 Å². The van der Waals surface area contributed by atoms with E-state index < -0.39 is 14.9 Å². The highest BCUT2D eigenvalue weighted by Gasteiger charge is 2.20. The molecule has 0 amide bonds. The van der Waals surface area contributed by atoms with E-state index in [-0.39, 0.29) is 22.8 Å². The van der Waals surface area contributed by atoms with Crippen LogP contribution in [-0.4, -0.2) is 25.4 Å². The van der Waals surface area contributed by atoms with Crippen LogP contribution in [-0.2, 0) is 16.6 Å². The third-order valence-electron chi connectivity index (χ3n) is 2.65. The van der Waals surface area contributed by atoms with E-state index in [4.69, 9.17) is 0 Å². The molecule has 112 valence electrons. The van der Waals surface area contributed by atoms with Crippen LogP contribution in [0, 0.1) is 10.1 Å². The summed E-state index contributed by atoms with van der Waals surface area (Å²) in [7, 11) is -2.28. The van der Waals surface area contributed by atoms with E-state index in [0.717, 1.165) is 10.9 Å². The number of anilines is 1. The van der Waals surface area contributed by atoms with Crippen LogP contribution in [0.5, 0.6) is 0 Å². The maximum absolute atomic E-state index is 12.3. The van der Waals surface area contributed by atoms with E-state index in [0.29, 0.717) is 0 Å². The van der Waals surface area contributed by atoms with Gasteiger partial charge in [0.15, 0.2) is 0 Å². The summed E-state index contributed by atoms with van der Waals surface area (Å²) in [6, 6.07) is 3.54. The molecule has 8 nitrogen and oxygen atoms in total. The van der Waals surface area contributed by atoms with Crippen molar-refractivity contribution in [2.45, 2.75) is 11.4 Å². The highest BCUT2D eigenvalue weighted by Crippen LogP contribution is 2.26. The summed E-state index contributed by atoms with van der Waals surface area (Å²) in [6.45, 7) is 0.118. The van der Waals surface area contributed by atoms with E-state index in [9.17, 15) is 18.5 Å². The lowest BCUT2D eigenvalue weighted by Crippen LogP contribution is -2.23. The first-order valence-corrected chi connectivity index (χ1v) is 8.13. The zero-order chi connectivity index (χ0) is 15.5. The molecule has 0 aliphatic rings. The minimum absolute atomic E-state index is 0.0416. The fraction of sp³-hybridized carbons (Fsp3) is 0.182. The third-order valence-corrected chi connectivity index (χ3v) is 4.89. The molecule has 1 heterocycles. The van der Waals surface area contributed by atoms with E-state index in [1.165, 1.54) is 30.5 Å². The molecule has 0 unspecified atom stereocenters. The molecule has 0 aliphatic carbocycles. The van der Waals surface area contributed by atoms with Crippen LogP contribution in [0.1, 0.15) is 4.88 Å². The molecule has 0 atom stereocenters. The van der Waals surface area contributed by atoms with Crippen molar-refractivity contribution in [3.05, 3.63) is 44.9 Å². The standard InChI is InChI=1S/C11H12N4O4S2/c1-12-10-4-8(15(16)17)2-3-11(10)21(18,19)14-6-9-5-13-7-20-9/h2-5,7,12,14H,6H2,1H3. The second-order valence-corrected chi connectivity index (χ2v) is 6.69. The fourth-order valence-electron chi connectivity index (χ4n) is 1.63. The lowest BCUT2D eigenvalue weighted by atomic mass is 10.3. The van der Waals surface area contributed by atoms with Crippen LogP contribution in [0.2, 0.25) is 0 Å². The van der Waals surface area contributed by atoms with Gasteiger partial charge in [-0.3, -0.25) is 15.1 Å². The Bertz CT molecular complexity index is 744. The zero-order valence-electron chi connectivity index (χ0n) is 10.9. The Hall–Kier alpha value is -2.04. The Balaban J connectivity index is 2.28. The topological polar surface area (TPSA) is 114 Å². The van der Waals surface area contributed by atoms with Gasteiger partial charge in [0.1, 0.15) is 4.90 Å². The van der Waals surface area contributed by atoms with Gasteiger partial charge >= 0.3 is 0 Å². The molecule has 0 bridgehead atoms. The summed E-state index contributed by atoms with van der Waals surface area (Å²) in [5.74, 6) is 0. The van der Waals surface area contributed by atoms with Crippen LogP contribution >= 0.6 is 11.3 Å². The average Bonchev–Trinajstić information content (AvgIpc) is 2.97. The molecule has 2 N–H and O–H groups in total. The molecule has 1 aromatic heterocycles. The number of non-ortho nitro benzene ring substituents is 1. The molecule has 0 fully saturated rings. The summed E-state index contributed by atoms with van der Waals surface area (Å²) in [5.41, 5.74) is 1.59. The number of rotatable bonds is 6. The summed E-state index contributed by atoms with van der Waals surface area (Å²) < 4.78 is 26.9. The number of nitrogens with one attached hydrogen (secondary N) is 2. The van der Waals surface area contributed by atoms with Gasteiger partial charge in [0, 0.05) is 36.8 Å². The first-order chi connectivity index (χ1) is 9.94. The second kappa shape index (κ2) is 6.16. The van der Waals surface area contributed by atoms with Crippen molar-refractivity contribution in [2.75, 3.05) is 12.4 Å². The van der Waals surface area contributed by atoms with Crippen molar-refractivity contribution in [2.24, 2.45) is 0 Å². The molecule has 0 spiro atoms. The fourth-order valence-corrected chi connectivity index (χ4v) is 3.46. The Labute approximate surface area is 125 Å². The van der Waals surface area contributed by atoms with E-state index >= 15 is 0 Å². The highest BCUT2D eigenvalue weighted by molar-refractivity contribution is 7.89. The van der Waals surface area contributed by atoms with E-state index in [2.05, 4.69) is 15.0 Å². The number of hydrogen-bond acceptors (Lipinski definition) is 7. The monoisotopic (exact) mass is 328 g/mol. The number of nitro benzene ring substituents is 1. The number of aromatic nitrogens is 1. The van der Waals surface area contributed by atoms with Crippen molar-refractivity contribution in [1.82, 2.24) is 9.71 Å². The number of sulfonamides is 1. The Morgan fingerprint density at radius 2 is 2.19 bits per heavy atom. The SMILES string of the molecule is CNc1cc([N+](=O)[O-])ccc1S(=O)(=O)NCc1cncs1. The lowest BCUT2D eigenvalue weighted by molar-refractivity contribution is -0.384. The number of thiazole rings is 1. The minimum Gasteiger partial charge on any atom is -0.387 e. The number of benzene rings is 1. The van der Waals surface area contributed by atoms with Crippen LogP contribution in [0.4, 0.5) is 11.4 Å². The predicted octanol–water partition coefficient (Wildman–Crippen LogP) is 1.57. The number of nitrogens with zero attached hydrogens (tertiary/aromatic N) is 2. The van der Waals surface area contributed by atoms with Crippen LogP contribution in [0.15, 0.2) is 34.8 Å². The smallest absolute Gasteiger partial charge is 0.271 e. The van der Waals surface area contributed by atoms with Gasteiger partial charge in [0.2, 0.25) is 10.0 Å². The molecule has 0 saturated carbocycles. The van der Waals surface area contributed by atoms with Gasteiger partial charge in [-0.25, -0.2) is 13.1 Å². The van der Waals surface area contributed by atoms with Crippen LogP contribution < -0.4 is 10.0 Å². The third kappa shape index (κ3) is 3.54. The molecule has 0 aliphatic heterocycles. The van der Waals surface area contributed by atoms with Gasteiger partial charge < -0.3 is 5.32 Å². The predicted molar refractivity (Wildman–Crippen MR) is 78.8 cm³/mol. The molecular weight excluding hydrogens is 316 g/mol. The maximum atomic E-state index is 12.3. The van der Waals surface area contributed by atoms with Crippen LogP contribution in [0.25, 0.3) is 0 Å². The molecule has 0 radical (unpaired) electrons. The molecule has 21 heavy (non-hydrogen) atoms. The zero-order valence-corrected chi connectivity index (χ0v) is 12.6. The minimum atomic E-state index is -3.78. The largest absolute Gasteiger partial charge is 0.387 e. The van der Waals surface area contributed by atoms with Gasteiger partial charge in [0.05, 0.1) is 16.1 Å². The van der Waals surface area contributed by atoms with Crippen molar-refractivity contribution in [3.8, 4) is 0 Å². The quantitative estimate of drug-likeness (QED) is 0.614. The molecule has 10 heteroatoms. The number of hydrogen-bond donors (Lipinski definition) is 2. The van der Waals surface area contributed by atoms with Gasteiger partial charge in [-0.15, -0.1) is 11.3 Å². The van der Waals surface area contributed by atoms with Gasteiger partial charge in [-0.05, 0) is 6.07 Å². The van der Waals surface area contributed by atoms with Gasteiger partial charge in [-0.2, -0.15) is 0 Å². The lowest BCUT2D eigenvalue weighted by Gasteiger charge is -2.10. The van der Waals surface area contributed by atoms with Crippen molar-refractivity contribution in [3.63, 3.8) is 0 Å². The Morgan fingerprint density at radius 3 is 2.76 bits per heavy atom. The highest BCUT2D eigenvalue weighted by atomic mass is 32.2. The summed E-state index contributed by atoms with van der Waals surface area (Å²) in [4.78, 5) is 14.7. The summed E-state index contributed by atoms with van der Waals surface area (Å²) >= 11 is 1.33. The first kappa shape index (κ1) is 15.4. The molecule has 2 rings (SSSR count). The van der Waals surface area contributed by atoms with Crippen LogP contribution in [0.3, 0.4) is 0 Å². The average molecular weight is 328 g/mol. The molecular formula is C11H12N4O4S2. The van der Waals surface area contributed by atoms with Crippen molar-refractivity contribution in [1.29, 1.82) is 0 Å². The Morgan fingerprint density at radius 1 is 1.43 bits per heavy atom. The second-order valence-electron chi connectivity index (χ2n) is 3.98.